The van der Waals surface area contributed by atoms with E-state index in [9.17, 15) is 39.6 Å². The Kier molecular flexibility index (Phi) is 14.4. The van der Waals surface area contributed by atoms with Gasteiger partial charge in [-0.25, -0.2) is 19.2 Å². The molecule has 15 nitrogen and oxygen atoms in total. The molecular formula is C43H40O15. The van der Waals surface area contributed by atoms with Crippen molar-refractivity contribution in [1.82, 2.24) is 0 Å². The predicted octanol–water partition coefficient (Wildman–Crippen LogP) is 5.50. The Labute approximate surface area is 331 Å². The van der Waals surface area contributed by atoms with Crippen LogP contribution in [-0.4, -0.2) is 80.9 Å². The molecule has 1 heterocycles. The van der Waals surface area contributed by atoms with Crippen LogP contribution in [0, 0.1) is 0 Å². The average molecular weight is 797 g/mol. The van der Waals surface area contributed by atoms with E-state index >= 15 is 0 Å². The standard InChI is InChI=1S/C36H34O14.C7H6O/c37-27-13-25(29(47-17-33(39)40)15-31(27)49-19-35(43)44)11-23-7-3-1-5-21(23)9-10-22-6-2-4-8-24(22)12-26-14-28(38)32(50-20-36(45)46)16-30(26)48-18-34(41)42;1-2-6-4-7(3-1)8-5-6/h1-8,13-16,37-38H,9-12,17-20H2,(H,39,40)(H,41,42)(H,43,44)(H,45,46);1-4H,5H2. The number of aryl methyl sites for hydroxylation is 2. The van der Waals surface area contributed by atoms with Crippen molar-refractivity contribution in [2.75, 3.05) is 26.4 Å². The van der Waals surface area contributed by atoms with Gasteiger partial charge in [-0.2, -0.15) is 0 Å². The van der Waals surface area contributed by atoms with Crippen LogP contribution in [0.5, 0.6) is 40.2 Å². The molecule has 0 saturated heterocycles. The third-order valence-corrected chi connectivity index (χ3v) is 8.65. The predicted molar refractivity (Wildman–Crippen MR) is 205 cm³/mol. The number of phenols is 2. The molecule has 5 aromatic carbocycles. The molecule has 58 heavy (non-hydrogen) atoms. The number of benzene rings is 5. The Morgan fingerprint density at radius 3 is 1.24 bits per heavy atom. The van der Waals surface area contributed by atoms with Crippen molar-refractivity contribution in [3.63, 3.8) is 0 Å². The maximum absolute atomic E-state index is 11.2. The molecule has 0 amide bonds. The summed E-state index contributed by atoms with van der Waals surface area (Å²) in [7, 11) is 0. The summed E-state index contributed by atoms with van der Waals surface area (Å²) in [5.41, 5.74) is 5.78. The van der Waals surface area contributed by atoms with Crippen molar-refractivity contribution >= 4 is 23.9 Å². The molecule has 0 unspecified atom stereocenters. The van der Waals surface area contributed by atoms with Crippen LogP contribution in [0.25, 0.3) is 0 Å². The van der Waals surface area contributed by atoms with Crippen molar-refractivity contribution in [3.05, 3.63) is 136 Å². The second-order valence-electron chi connectivity index (χ2n) is 12.9. The normalized spacial score (nSPS) is 11.0. The minimum atomic E-state index is -1.26. The summed E-state index contributed by atoms with van der Waals surface area (Å²) in [5, 5.41) is 57.3. The largest absolute Gasteiger partial charge is 0.504 e. The van der Waals surface area contributed by atoms with Crippen LogP contribution in [0.4, 0.5) is 0 Å². The molecule has 0 fully saturated rings. The van der Waals surface area contributed by atoms with E-state index in [4.69, 9.17) is 33.9 Å². The second-order valence-corrected chi connectivity index (χ2v) is 12.9. The first-order chi connectivity index (χ1) is 27.8. The van der Waals surface area contributed by atoms with Crippen molar-refractivity contribution in [2.24, 2.45) is 0 Å². The van der Waals surface area contributed by atoms with E-state index in [0.717, 1.165) is 34.6 Å². The molecule has 1 aliphatic rings. The number of carboxylic acids is 4. The number of carboxylic acid groups (broad SMARTS) is 4. The van der Waals surface area contributed by atoms with Crippen molar-refractivity contribution in [1.29, 1.82) is 0 Å². The fourth-order valence-electron chi connectivity index (χ4n) is 6.04. The van der Waals surface area contributed by atoms with Gasteiger partial charge in [-0.05, 0) is 64.9 Å². The van der Waals surface area contributed by atoms with Gasteiger partial charge in [0.15, 0.2) is 49.4 Å². The molecule has 0 aromatic heterocycles. The third-order valence-electron chi connectivity index (χ3n) is 8.65. The minimum Gasteiger partial charge on any atom is -0.504 e. The number of hydrogen-bond acceptors (Lipinski definition) is 11. The lowest BCUT2D eigenvalue weighted by atomic mass is 9.92. The maximum atomic E-state index is 11.2. The number of phenolic OH excluding ortho intramolecular Hbond substituents is 2. The minimum absolute atomic E-state index is 0.106. The van der Waals surface area contributed by atoms with Gasteiger partial charge in [0.1, 0.15) is 23.9 Å². The number of aliphatic carboxylic acids is 4. The zero-order valence-electron chi connectivity index (χ0n) is 31.0. The van der Waals surface area contributed by atoms with E-state index in [0.29, 0.717) is 24.0 Å². The molecule has 0 spiro atoms. The molecule has 2 bridgehead atoms. The van der Waals surface area contributed by atoms with Crippen molar-refractivity contribution in [2.45, 2.75) is 32.3 Å². The van der Waals surface area contributed by atoms with Gasteiger partial charge < -0.3 is 54.3 Å². The van der Waals surface area contributed by atoms with Gasteiger partial charge in [-0.3, -0.25) is 0 Å². The molecule has 1 aliphatic heterocycles. The lowest BCUT2D eigenvalue weighted by Gasteiger charge is -2.17. The van der Waals surface area contributed by atoms with Gasteiger partial charge in [0.05, 0.1) is 0 Å². The second kappa shape index (κ2) is 20.0. The monoisotopic (exact) mass is 796 g/mol. The Morgan fingerprint density at radius 1 is 0.466 bits per heavy atom. The molecule has 0 aliphatic carbocycles. The highest BCUT2D eigenvalue weighted by Gasteiger charge is 2.18. The highest BCUT2D eigenvalue weighted by Crippen LogP contribution is 2.37. The third kappa shape index (κ3) is 12.3. The van der Waals surface area contributed by atoms with Crippen LogP contribution in [-0.2, 0) is 51.5 Å². The van der Waals surface area contributed by atoms with Gasteiger partial charge in [-0.1, -0.05) is 60.7 Å². The summed E-state index contributed by atoms with van der Waals surface area (Å²) in [6.45, 7) is -2.02. The van der Waals surface area contributed by atoms with Gasteiger partial charge in [0.25, 0.3) is 0 Å². The van der Waals surface area contributed by atoms with Crippen LogP contribution in [0.3, 0.4) is 0 Å². The molecule has 302 valence electrons. The zero-order valence-corrected chi connectivity index (χ0v) is 31.0. The number of ether oxygens (including phenoxy) is 5. The molecule has 0 radical (unpaired) electrons. The van der Waals surface area contributed by atoms with Gasteiger partial charge in [-0.15, -0.1) is 0 Å². The fourth-order valence-corrected chi connectivity index (χ4v) is 6.04. The summed E-state index contributed by atoms with van der Waals surface area (Å²) < 4.78 is 26.4. The first-order valence-corrected chi connectivity index (χ1v) is 17.8. The highest BCUT2D eigenvalue weighted by molar-refractivity contribution is 5.70. The Bertz CT molecular complexity index is 2110. The average Bonchev–Trinajstić information content (AvgIpc) is 3.52. The molecule has 0 atom stereocenters. The first kappa shape index (κ1) is 41.7. The summed E-state index contributed by atoms with van der Waals surface area (Å²) in [5.74, 6) is -4.79. The lowest BCUT2D eigenvalue weighted by Crippen LogP contribution is -2.12. The summed E-state index contributed by atoms with van der Waals surface area (Å²) in [6.07, 6.45) is 1.58. The number of hydrogen-bond donors (Lipinski definition) is 6. The molecule has 6 N–H and O–H groups in total. The summed E-state index contributed by atoms with van der Waals surface area (Å²) >= 11 is 0. The smallest absolute Gasteiger partial charge is 0.341 e. The van der Waals surface area contributed by atoms with E-state index < -0.39 is 50.3 Å². The van der Waals surface area contributed by atoms with E-state index in [2.05, 4.69) is 12.1 Å². The number of rotatable bonds is 19. The van der Waals surface area contributed by atoms with Crippen LogP contribution in [0.2, 0.25) is 0 Å². The van der Waals surface area contributed by atoms with E-state index in [1.54, 1.807) is 0 Å². The number of aromatic hydroxyl groups is 2. The lowest BCUT2D eigenvalue weighted by molar-refractivity contribution is -0.140. The topological polar surface area (TPSA) is 236 Å². The Morgan fingerprint density at radius 2 is 0.862 bits per heavy atom. The first-order valence-electron chi connectivity index (χ1n) is 17.8. The van der Waals surface area contributed by atoms with E-state index in [1.807, 2.05) is 60.7 Å². The molecule has 5 aromatic rings. The molecule has 6 rings (SSSR count). The van der Waals surface area contributed by atoms with Crippen LogP contribution < -0.4 is 23.7 Å². The van der Waals surface area contributed by atoms with Crippen molar-refractivity contribution in [3.8, 4) is 40.2 Å². The zero-order chi connectivity index (χ0) is 41.6. The van der Waals surface area contributed by atoms with Gasteiger partial charge >= 0.3 is 23.9 Å². The fraction of sp³-hybridized carbons (Fsp3) is 0.209. The van der Waals surface area contributed by atoms with Crippen LogP contribution in [0.15, 0.2) is 97.1 Å². The summed E-state index contributed by atoms with van der Waals surface area (Å²) in [4.78, 5) is 44.4. The van der Waals surface area contributed by atoms with Crippen LogP contribution in [0.1, 0.15) is 38.9 Å². The van der Waals surface area contributed by atoms with Gasteiger partial charge in [0, 0.05) is 36.1 Å². The van der Waals surface area contributed by atoms with E-state index in [-0.39, 0.29) is 47.3 Å². The Balaban J connectivity index is 0.000000703. The summed E-state index contributed by atoms with van der Waals surface area (Å²) in [6, 6.07) is 28.4. The number of carbonyl (C=O) groups is 4. The molecule has 0 saturated carbocycles. The molecule has 15 heteroatoms. The highest BCUT2D eigenvalue weighted by atomic mass is 16.5. The maximum Gasteiger partial charge on any atom is 0.341 e. The quantitative estimate of drug-likeness (QED) is 0.0606. The van der Waals surface area contributed by atoms with Gasteiger partial charge in [0.2, 0.25) is 0 Å². The SMILES string of the molecule is O=C(O)COc1cc(OCC(=O)O)c(Cc2ccccc2CCc2ccccc2Cc2cc(O)c(OCC(=O)O)cc2OCC(=O)O)cc1O.c1cc2cc(c1)OC2. The van der Waals surface area contributed by atoms with Crippen LogP contribution >= 0.6 is 0 Å². The Hall–Kier alpha value is -7.42. The molecular weight excluding hydrogens is 756 g/mol. The van der Waals surface area contributed by atoms with E-state index in [1.165, 1.54) is 29.8 Å². The number of fused-ring (bicyclic) bond motifs is 2. The van der Waals surface area contributed by atoms with Crippen molar-refractivity contribution < 1.29 is 73.5 Å².